The summed E-state index contributed by atoms with van der Waals surface area (Å²) >= 11 is 0. The number of nitrogens with zero attached hydrogens (tertiary/aromatic N) is 8. The molecule has 11 aromatic rings. The number of para-hydroxylation sites is 2. The first-order valence-corrected chi connectivity index (χ1v) is 35.2. The summed E-state index contributed by atoms with van der Waals surface area (Å²) in [5.74, 6) is 6.46. The monoisotopic (exact) mass is 1350 g/mol. The third-order valence-corrected chi connectivity index (χ3v) is 17.4. The standard InChI is InChI=1S/C82H96N8O10/c1-59(2)69-15-9-16-70(60(3)4)81(69)99-57-67-55-89(85-83-67)41-45-93-49-53-97-79-25-13-19-73-75(79)21-11-23-77(73)95-51-47-91-43-39-87-35-31-65(32-36-87)63-27-29-64(30-28-63)66-33-37-88(38-34-66)40-44-92-48-52-96-78-24-12-22-76-74(78)20-14-26-80(76)98-54-50-94-46-42-90-56-68(84-86-90)58-100-82-71(61(5)6)17-10-18-72(82)62(7)8/h9-38,55-56,59-62H,39-54,57-58H2,1-8H3/q+2. The zero-order valence-electron chi connectivity index (χ0n) is 59.2. The minimum atomic E-state index is 0.355. The molecule has 0 atom stereocenters. The van der Waals surface area contributed by atoms with E-state index in [0.29, 0.717) is 129 Å². The van der Waals surface area contributed by atoms with Crippen LogP contribution in [-0.4, -0.2) is 109 Å². The van der Waals surface area contributed by atoms with Crippen molar-refractivity contribution in [3.8, 4) is 56.8 Å². The highest BCUT2D eigenvalue weighted by molar-refractivity contribution is 5.94. The number of pyridine rings is 2. The fraction of sp³-hybridized carbons (Fsp3) is 0.366. The van der Waals surface area contributed by atoms with Gasteiger partial charge in [-0.05, 0) is 92.4 Å². The summed E-state index contributed by atoms with van der Waals surface area (Å²) in [5.41, 5.74) is 11.0. The van der Waals surface area contributed by atoms with Crippen molar-refractivity contribution >= 4 is 21.5 Å². The molecule has 0 saturated heterocycles. The largest absolute Gasteiger partial charge is 0.491 e. The van der Waals surface area contributed by atoms with Crippen molar-refractivity contribution in [1.82, 2.24) is 30.0 Å². The van der Waals surface area contributed by atoms with E-state index in [-0.39, 0.29) is 0 Å². The predicted molar refractivity (Wildman–Crippen MR) is 389 cm³/mol. The molecule has 0 bridgehead atoms. The number of fused-ring (bicyclic) bond motifs is 2. The second kappa shape index (κ2) is 36.4. The van der Waals surface area contributed by atoms with Crippen LogP contribution in [0.25, 0.3) is 43.8 Å². The summed E-state index contributed by atoms with van der Waals surface area (Å²) in [5, 5.41) is 21.2. The molecule has 11 rings (SSSR count). The van der Waals surface area contributed by atoms with Gasteiger partial charge in [-0.25, -0.2) is 18.5 Å². The molecule has 0 amide bonds. The Hall–Kier alpha value is -9.72. The van der Waals surface area contributed by atoms with Crippen molar-refractivity contribution in [3.63, 3.8) is 0 Å². The summed E-state index contributed by atoms with van der Waals surface area (Å²) in [6.45, 7) is 26.4. The van der Waals surface area contributed by atoms with Gasteiger partial charge in [0.2, 0.25) is 0 Å². The zero-order valence-corrected chi connectivity index (χ0v) is 59.2. The molecule has 0 unspecified atom stereocenters. The molecule has 0 N–H and O–H groups in total. The van der Waals surface area contributed by atoms with Gasteiger partial charge in [-0.2, -0.15) is 0 Å². The number of rotatable bonds is 40. The molecule has 0 saturated carbocycles. The Bertz CT molecular complexity index is 4000. The first-order chi connectivity index (χ1) is 48.9. The van der Waals surface area contributed by atoms with Crippen LogP contribution < -0.4 is 37.6 Å². The minimum absolute atomic E-state index is 0.355. The van der Waals surface area contributed by atoms with Crippen LogP contribution in [0.2, 0.25) is 0 Å². The molecule has 4 heterocycles. The van der Waals surface area contributed by atoms with E-state index in [4.69, 9.17) is 47.4 Å². The second-order valence-corrected chi connectivity index (χ2v) is 26.0. The highest BCUT2D eigenvalue weighted by atomic mass is 16.5. The summed E-state index contributed by atoms with van der Waals surface area (Å²) in [7, 11) is 0. The first kappa shape index (κ1) is 71.6. The van der Waals surface area contributed by atoms with Crippen molar-refractivity contribution in [3.05, 3.63) is 229 Å². The van der Waals surface area contributed by atoms with Crippen molar-refractivity contribution in [2.75, 3.05) is 79.3 Å². The maximum Gasteiger partial charge on any atom is 0.171 e. The Morgan fingerprint density at radius 3 is 0.910 bits per heavy atom. The van der Waals surface area contributed by atoms with Gasteiger partial charge in [-0.1, -0.05) is 175 Å². The molecule has 7 aromatic carbocycles. The van der Waals surface area contributed by atoms with Crippen molar-refractivity contribution in [2.45, 2.75) is 118 Å². The maximum atomic E-state index is 6.35. The quantitative estimate of drug-likeness (QED) is 0.0263. The molecular weight excluding hydrogens is 1260 g/mol. The fourth-order valence-electron chi connectivity index (χ4n) is 12.0. The van der Waals surface area contributed by atoms with Gasteiger partial charge in [0.25, 0.3) is 0 Å². The van der Waals surface area contributed by atoms with Crippen LogP contribution in [0.3, 0.4) is 0 Å². The smallest absolute Gasteiger partial charge is 0.171 e. The van der Waals surface area contributed by atoms with E-state index in [1.807, 2.05) is 73.1 Å². The third-order valence-electron chi connectivity index (χ3n) is 17.4. The van der Waals surface area contributed by atoms with Gasteiger partial charge in [0.15, 0.2) is 37.9 Å². The molecule has 0 fully saturated rings. The number of hydrogen-bond acceptors (Lipinski definition) is 14. The van der Waals surface area contributed by atoms with E-state index < -0.39 is 0 Å². The topological polar surface area (TPSA) is 161 Å². The molecule has 18 nitrogen and oxygen atoms in total. The van der Waals surface area contributed by atoms with Gasteiger partial charge >= 0.3 is 0 Å². The Labute approximate surface area is 588 Å². The SMILES string of the molecule is CC(C)c1cccc(C(C)C)c1OCc1cn(CCOCCOc2cccc3c(OCCOCC[n+]4ccc(-c5ccc(-c6cc[n+](CCOCCOc7cccc8c(OCCOCCn9cc(COc%10c(C(C)C)cccc%10C(C)C)nn9)cccc78)cc6)cc5)cc4)cccc23)nn1. The Balaban J connectivity index is 0.529. The molecule has 18 heteroatoms. The van der Waals surface area contributed by atoms with Gasteiger partial charge in [-0.15, -0.1) is 10.2 Å². The normalized spacial score (nSPS) is 11.6. The molecular formula is C82H96N8O10+2. The van der Waals surface area contributed by atoms with E-state index >= 15 is 0 Å². The third kappa shape index (κ3) is 19.8. The van der Waals surface area contributed by atoms with Crippen molar-refractivity contribution in [2.24, 2.45) is 0 Å². The summed E-state index contributed by atoms with van der Waals surface area (Å²) in [6.07, 6.45) is 12.2. The number of ether oxygens (including phenoxy) is 10. The lowest BCUT2D eigenvalue weighted by Gasteiger charge is -2.19. The van der Waals surface area contributed by atoms with Gasteiger partial charge in [-0.3, -0.25) is 0 Å². The van der Waals surface area contributed by atoms with Gasteiger partial charge in [0, 0.05) is 45.8 Å². The van der Waals surface area contributed by atoms with Crippen LogP contribution in [0.15, 0.2) is 195 Å². The average Bonchev–Trinajstić information content (AvgIpc) is 1.02. The van der Waals surface area contributed by atoms with E-state index in [9.17, 15) is 0 Å². The lowest BCUT2D eigenvalue weighted by atomic mass is 9.94. The van der Waals surface area contributed by atoms with Crippen LogP contribution in [-0.2, 0) is 58.3 Å². The van der Waals surface area contributed by atoms with E-state index in [1.54, 1.807) is 9.36 Å². The van der Waals surface area contributed by atoms with Crippen LogP contribution >= 0.6 is 0 Å². The molecule has 0 aliphatic rings. The molecule has 4 aromatic heterocycles. The van der Waals surface area contributed by atoms with E-state index in [0.717, 1.165) is 103 Å². The maximum absolute atomic E-state index is 6.35. The second-order valence-electron chi connectivity index (χ2n) is 26.0. The van der Waals surface area contributed by atoms with Gasteiger partial charge < -0.3 is 47.4 Å². The summed E-state index contributed by atoms with van der Waals surface area (Å²) in [4.78, 5) is 0. The Morgan fingerprint density at radius 1 is 0.310 bits per heavy atom. The fourth-order valence-corrected chi connectivity index (χ4v) is 12.0. The Morgan fingerprint density at radius 2 is 0.600 bits per heavy atom. The molecule has 522 valence electrons. The summed E-state index contributed by atoms with van der Waals surface area (Å²) < 4.78 is 69.3. The van der Waals surface area contributed by atoms with Crippen LogP contribution in [0.1, 0.15) is 113 Å². The lowest BCUT2D eigenvalue weighted by molar-refractivity contribution is -0.698. The van der Waals surface area contributed by atoms with E-state index in [1.165, 1.54) is 22.3 Å². The van der Waals surface area contributed by atoms with E-state index in [2.05, 4.69) is 207 Å². The zero-order chi connectivity index (χ0) is 69.4. The van der Waals surface area contributed by atoms with Crippen molar-refractivity contribution < 1.29 is 56.5 Å². The van der Waals surface area contributed by atoms with Crippen molar-refractivity contribution in [1.29, 1.82) is 0 Å². The molecule has 0 radical (unpaired) electrons. The highest BCUT2D eigenvalue weighted by Crippen LogP contribution is 2.38. The minimum Gasteiger partial charge on any atom is -0.491 e. The number of hydrogen-bond donors (Lipinski definition) is 0. The molecule has 0 aliphatic heterocycles. The lowest BCUT2D eigenvalue weighted by Crippen LogP contribution is -2.35. The average molecular weight is 1350 g/mol. The van der Waals surface area contributed by atoms with Crippen LogP contribution in [0, 0.1) is 0 Å². The number of benzene rings is 7. The predicted octanol–water partition coefficient (Wildman–Crippen LogP) is 15.1. The highest BCUT2D eigenvalue weighted by Gasteiger charge is 2.19. The number of aromatic nitrogens is 8. The Kier molecular flexibility index (Phi) is 26.0. The van der Waals surface area contributed by atoms with Gasteiger partial charge in [0.05, 0.1) is 65.1 Å². The van der Waals surface area contributed by atoms with Gasteiger partial charge in [0.1, 0.15) is 98.7 Å². The molecule has 0 spiro atoms. The molecule has 0 aliphatic carbocycles. The van der Waals surface area contributed by atoms with Crippen LogP contribution in [0.5, 0.6) is 34.5 Å². The molecule has 100 heavy (non-hydrogen) atoms. The first-order valence-electron chi connectivity index (χ1n) is 35.2. The van der Waals surface area contributed by atoms with Crippen LogP contribution in [0.4, 0.5) is 0 Å². The summed E-state index contributed by atoms with van der Waals surface area (Å²) in [6, 6.07) is 54.1.